The van der Waals surface area contributed by atoms with E-state index in [0.717, 1.165) is 34.6 Å². The van der Waals surface area contributed by atoms with Gasteiger partial charge in [-0.25, -0.2) is 0 Å². The van der Waals surface area contributed by atoms with Crippen LogP contribution in [0.3, 0.4) is 0 Å². The summed E-state index contributed by atoms with van der Waals surface area (Å²) in [4.78, 5) is 23.5. The molecular weight excluding hydrogens is 462 g/mol. The molecule has 33 heavy (non-hydrogen) atoms. The molecule has 1 saturated heterocycles. The van der Waals surface area contributed by atoms with Gasteiger partial charge in [0.15, 0.2) is 4.32 Å². The van der Waals surface area contributed by atoms with Gasteiger partial charge in [0.25, 0.3) is 11.6 Å². The van der Waals surface area contributed by atoms with Gasteiger partial charge in [0.05, 0.1) is 16.0 Å². The third-order valence-corrected chi connectivity index (χ3v) is 5.73. The Kier molecular flexibility index (Phi) is 6.48. The summed E-state index contributed by atoms with van der Waals surface area (Å²) in [5.41, 5.74) is 0.620. The maximum atomic E-state index is 12.8. The maximum absolute atomic E-state index is 12.8. The van der Waals surface area contributed by atoms with E-state index in [-0.39, 0.29) is 21.3 Å². The Morgan fingerprint density at radius 3 is 2.58 bits per heavy atom. The second-order valence-corrected chi connectivity index (χ2v) is 8.40. The number of nitro benzene ring substituents is 1. The Morgan fingerprint density at radius 1 is 1.06 bits per heavy atom. The lowest BCUT2D eigenvalue weighted by Crippen LogP contribution is -2.22. The minimum Gasteiger partial charge on any atom is -0.507 e. The largest absolute Gasteiger partial charge is 0.507 e. The first-order valence-electron chi connectivity index (χ1n) is 9.53. The Hall–Kier alpha value is -4.02. The zero-order valence-corrected chi connectivity index (χ0v) is 18.5. The number of non-ortho nitro benzene ring substituents is 1. The van der Waals surface area contributed by atoms with Crippen molar-refractivity contribution in [1.82, 2.24) is 5.01 Å². The summed E-state index contributed by atoms with van der Waals surface area (Å²) < 4.78 is 6.02. The van der Waals surface area contributed by atoms with E-state index in [1.54, 1.807) is 12.1 Å². The number of hydrogen-bond acceptors (Lipinski definition) is 8. The van der Waals surface area contributed by atoms with Crippen LogP contribution in [0.4, 0.5) is 5.69 Å². The number of nitro groups is 1. The first kappa shape index (κ1) is 22.2. The predicted molar refractivity (Wildman–Crippen MR) is 130 cm³/mol. The van der Waals surface area contributed by atoms with Crippen LogP contribution in [0.2, 0.25) is 0 Å². The number of benzene rings is 3. The van der Waals surface area contributed by atoms with Crippen LogP contribution in [0, 0.1) is 10.1 Å². The zero-order valence-electron chi connectivity index (χ0n) is 16.8. The molecule has 0 atom stereocenters. The molecule has 8 nitrogen and oxygen atoms in total. The van der Waals surface area contributed by atoms with Crippen molar-refractivity contribution in [2.75, 3.05) is 0 Å². The molecule has 164 valence electrons. The standard InChI is InChI=1S/C23H15N3O5S2/c27-20-10-9-17(26(29)30)13-16(20)14-24-25-22(28)21(33-23(25)32)12-15-5-4-8-19(11-15)31-18-6-2-1-3-7-18/h1-14,27H. The predicted octanol–water partition coefficient (Wildman–Crippen LogP) is 5.33. The van der Waals surface area contributed by atoms with Gasteiger partial charge < -0.3 is 9.84 Å². The molecule has 0 bridgehead atoms. The first-order valence-corrected chi connectivity index (χ1v) is 10.8. The van der Waals surface area contributed by atoms with E-state index < -0.39 is 10.8 Å². The molecule has 0 saturated carbocycles. The summed E-state index contributed by atoms with van der Waals surface area (Å²) in [6, 6.07) is 20.1. The summed E-state index contributed by atoms with van der Waals surface area (Å²) in [6.07, 6.45) is 2.84. The van der Waals surface area contributed by atoms with Gasteiger partial charge in [-0.1, -0.05) is 42.1 Å². The van der Waals surface area contributed by atoms with Crippen molar-refractivity contribution in [3.8, 4) is 17.2 Å². The molecule has 4 rings (SSSR count). The van der Waals surface area contributed by atoms with Gasteiger partial charge in [-0.15, -0.1) is 0 Å². The molecule has 10 heteroatoms. The monoisotopic (exact) mass is 477 g/mol. The SMILES string of the molecule is O=C1C(=Cc2cccc(Oc3ccccc3)c2)SC(=S)N1N=Cc1cc([N+](=O)[O-])ccc1O. The van der Waals surface area contributed by atoms with Gasteiger partial charge in [0, 0.05) is 17.7 Å². The highest BCUT2D eigenvalue weighted by molar-refractivity contribution is 8.26. The second-order valence-electron chi connectivity index (χ2n) is 6.73. The van der Waals surface area contributed by atoms with Gasteiger partial charge >= 0.3 is 0 Å². The molecule has 3 aromatic rings. The molecule has 3 aromatic carbocycles. The third-order valence-electron chi connectivity index (χ3n) is 4.44. The van der Waals surface area contributed by atoms with E-state index in [1.807, 2.05) is 48.5 Å². The molecule has 0 aliphatic carbocycles. The quantitative estimate of drug-likeness (QED) is 0.168. The lowest BCUT2D eigenvalue weighted by Gasteiger charge is -2.07. The minimum absolute atomic E-state index is 0.0907. The van der Waals surface area contributed by atoms with Gasteiger partial charge in [0.2, 0.25) is 0 Å². The number of phenols is 1. The minimum atomic E-state index is -0.589. The Bertz CT molecular complexity index is 1310. The average molecular weight is 478 g/mol. The van der Waals surface area contributed by atoms with Crippen LogP contribution in [0.5, 0.6) is 17.2 Å². The summed E-state index contributed by atoms with van der Waals surface area (Å²) in [6.45, 7) is 0. The third kappa shape index (κ3) is 5.25. The fourth-order valence-electron chi connectivity index (χ4n) is 2.88. The molecule has 0 unspecified atom stereocenters. The number of thiocarbonyl (C=S) groups is 1. The number of rotatable bonds is 6. The van der Waals surface area contributed by atoms with E-state index >= 15 is 0 Å². The van der Waals surface area contributed by atoms with Crippen LogP contribution >= 0.6 is 24.0 Å². The Labute approximate surface area is 198 Å². The molecule has 1 aliphatic rings. The molecule has 0 spiro atoms. The zero-order chi connectivity index (χ0) is 23.4. The summed E-state index contributed by atoms with van der Waals surface area (Å²) >= 11 is 6.33. The number of thioether (sulfide) groups is 1. The number of hydrogen-bond donors (Lipinski definition) is 1. The molecule has 1 N–H and O–H groups in total. The normalized spacial score (nSPS) is 14.9. The van der Waals surface area contributed by atoms with Gasteiger partial charge in [0.1, 0.15) is 17.2 Å². The van der Waals surface area contributed by atoms with Crippen LogP contribution in [-0.4, -0.2) is 31.5 Å². The molecule has 0 radical (unpaired) electrons. The highest BCUT2D eigenvalue weighted by Gasteiger charge is 2.32. The lowest BCUT2D eigenvalue weighted by molar-refractivity contribution is -0.384. The second kappa shape index (κ2) is 9.63. The molecule has 1 fully saturated rings. The van der Waals surface area contributed by atoms with Crippen LogP contribution < -0.4 is 4.74 Å². The van der Waals surface area contributed by atoms with Gasteiger partial charge in [-0.3, -0.25) is 14.9 Å². The van der Waals surface area contributed by atoms with Gasteiger partial charge in [-0.2, -0.15) is 10.1 Å². The van der Waals surface area contributed by atoms with E-state index in [2.05, 4.69) is 5.10 Å². The molecule has 1 amide bonds. The molecule has 1 aliphatic heterocycles. The first-order chi connectivity index (χ1) is 15.9. The molecule has 1 heterocycles. The number of phenolic OH excluding ortho intramolecular Hbond substituents is 1. The highest BCUT2D eigenvalue weighted by Crippen LogP contribution is 2.34. The van der Waals surface area contributed by atoms with E-state index in [0.29, 0.717) is 16.4 Å². The summed E-state index contributed by atoms with van der Waals surface area (Å²) in [5, 5.41) is 25.9. The number of amides is 1. The molecular formula is C23H15N3O5S2. The number of aromatic hydroxyl groups is 1. The van der Waals surface area contributed by atoms with Crippen LogP contribution in [-0.2, 0) is 4.79 Å². The van der Waals surface area contributed by atoms with Crippen molar-refractivity contribution in [3.63, 3.8) is 0 Å². The smallest absolute Gasteiger partial charge is 0.286 e. The Balaban J connectivity index is 1.53. The van der Waals surface area contributed by atoms with Gasteiger partial charge in [-0.05, 0) is 54.2 Å². The van der Waals surface area contributed by atoms with Crippen molar-refractivity contribution in [2.24, 2.45) is 5.10 Å². The van der Waals surface area contributed by atoms with Crippen molar-refractivity contribution >= 4 is 52.2 Å². The van der Waals surface area contributed by atoms with Crippen LogP contribution in [0.1, 0.15) is 11.1 Å². The fourth-order valence-corrected chi connectivity index (χ4v) is 4.05. The van der Waals surface area contributed by atoms with E-state index in [1.165, 1.54) is 12.1 Å². The van der Waals surface area contributed by atoms with Crippen LogP contribution in [0.25, 0.3) is 6.08 Å². The number of carbonyl (C=O) groups excluding carboxylic acids is 1. The lowest BCUT2D eigenvalue weighted by atomic mass is 10.2. The molecule has 0 aromatic heterocycles. The number of nitrogens with zero attached hydrogens (tertiary/aromatic N) is 3. The number of carbonyl (C=O) groups is 1. The van der Waals surface area contributed by atoms with Crippen molar-refractivity contribution in [3.05, 3.63) is 98.9 Å². The van der Waals surface area contributed by atoms with E-state index in [9.17, 15) is 20.0 Å². The number of hydrazone groups is 1. The van der Waals surface area contributed by atoms with Crippen molar-refractivity contribution in [2.45, 2.75) is 0 Å². The summed E-state index contributed by atoms with van der Waals surface area (Å²) in [7, 11) is 0. The highest BCUT2D eigenvalue weighted by atomic mass is 32.2. The summed E-state index contributed by atoms with van der Waals surface area (Å²) in [5.74, 6) is 0.658. The van der Waals surface area contributed by atoms with Crippen molar-refractivity contribution in [1.29, 1.82) is 0 Å². The fraction of sp³-hybridized carbons (Fsp3) is 0. The maximum Gasteiger partial charge on any atom is 0.286 e. The number of ether oxygens (including phenoxy) is 1. The van der Waals surface area contributed by atoms with Crippen molar-refractivity contribution < 1.29 is 19.6 Å². The van der Waals surface area contributed by atoms with Crippen LogP contribution in [0.15, 0.2) is 82.8 Å². The van der Waals surface area contributed by atoms with E-state index in [4.69, 9.17) is 17.0 Å². The number of para-hydroxylation sites is 1. The topological polar surface area (TPSA) is 105 Å². The average Bonchev–Trinajstić information content (AvgIpc) is 3.06. The Morgan fingerprint density at radius 2 is 1.82 bits per heavy atom.